The zero-order chi connectivity index (χ0) is 15.0. The van der Waals surface area contributed by atoms with Gasteiger partial charge in [-0.1, -0.05) is 5.16 Å². The molecular formula is C10H15N3O6S. The fraction of sp³-hybridized carbons (Fsp3) is 0.600. The molecule has 0 saturated carbocycles. The van der Waals surface area contributed by atoms with Crippen LogP contribution in [-0.2, 0) is 24.3 Å². The van der Waals surface area contributed by atoms with Crippen molar-refractivity contribution in [2.75, 3.05) is 26.1 Å². The highest BCUT2D eigenvalue weighted by Crippen LogP contribution is 2.25. The first-order valence-corrected chi connectivity index (χ1v) is 7.22. The number of hydrogen-bond donors (Lipinski definition) is 2. The number of anilines is 1. The van der Waals surface area contributed by atoms with Crippen molar-refractivity contribution in [3.63, 3.8) is 0 Å². The minimum absolute atomic E-state index is 0.00283. The smallest absolute Gasteiger partial charge is 0.271 e. The number of rotatable bonds is 4. The number of hydrogen-bond acceptors (Lipinski definition) is 8. The Morgan fingerprint density at radius 2 is 2.25 bits per heavy atom. The van der Waals surface area contributed by atoms with Crippen molar-refractivity contribution in [1.82, 2.24) is 9.88 Å². The van der Waals surface area contributed by atoms with Gasteiger partial charge < -0.3 is 19.7 Å². The third-order valence-corrected chi connectivity index (χ3v) is 4.61. The summed E-state index contributed by atoms with van der Waals surface area (Å²) in [5.41, 5.74) is 4.12. The van der Waals surface area contributed by atoms with Gasteiger partial charge in [0, 0.05) is 13.5 Å². The normalized spacial score (nSPS) is 22.9. The van der Waals surface area contributed by atoms with Gasteiger partial charge in [0.15, 0.2) is 22.1 Å². The van der Waals surface area contributed by atoms with Gasteiger partial charge in [-0.05, 0) is 6.92 Å². The van der Waals surface area contributed by atoms with E-state index in [1.165, 1.54) is 14.0 Å². The SMILES string of the molecule is COC1(C(=O)NS(=O)(=O)c2c(N)noc2C)CCOC1. The number of sulfonamides is 1. The monoisotopic (exact) mass is 305 g/mol. The fourth-order valence-electron chi connectivity index (χ4n) is 1.95. The average molecular weight is 305 g/mol. The Balaban J connectivity index is 2.27. The molecule has 1 saturated heterocycles. The molecule has 0 aliphatic carbocycles. The van der Waals surface area contributed by atoms with Crippen LogP contribution in [0.15, 0.2) is 9.42 Å². The third kappa shape index (κ3) is 2.37. The lowest BCUT2D eigenvalue weighted by atomic mass is 10.0. The molecule has 0 bridgehead atoms. The Bertz CT molecular complexity index is 597. The number of carbonyl (C=O) groups is 1. The van der Waals surface area contributed by atoms with Crippen LogP contribution < -0.4 is 10.5 Å². The summed E-state index contributed by atoms with van der Waals surface area (Å²) in [7, 11) is -2.86. The van der Waals surface area contributed by atoms with E-state index in [9.17, 15) is 13.2 Å². The average Bonchev–Trinajstić information content (AvgIpc) is 2.96. The van der Waals surface area contributed by atoms with Crippen molar-refractivity contribution < 1.29 is 27.2 Å². The zero-order valence-electron chi connectivity index (χ0n) is 11.0. The quantitative estimate of drug-likeness (QED) is 0.736. The van der Waals surface area contributed by atoms with E-state index >= 15 is 0 Å². The van der Waals surface area contributed by atoms with E-state index < -0.39 is 21.5 Å². The van der Waals surface area contributed by atoms with Crippen molar-refractivity contribution in [1.29, 1.82) is 0 Å². The highest BCUT2D eigenvalue weighted by atomic mass is 32.2. The maximum atomic E-state index is 12.2. The molecule has 10 heteroatoms. The molecule has 0 spiro atoms. The van der Waals surface area contributed by atoms with Crippen LogP contribution in [0.25, 0.3) is 0 Å². The molecular weight excluding hydrogens is 290 g/mol. The first kappa shape index (κ1) is 14.8. The van der Waals surface area contributed by atoms with Crippen LogP contribution in [0.3, 0.4) is 0 Å². The Labute approximate surface area is 115 Å². The highest BCUT2D eigenvalue weighted by molar-refractivity contribution is 7.90. The van der Waals surface area contributed by atoms with Gasteiger partial charge in [-0.25, -0.2) is 13.1 Å². The largest absolute Gasteiger partial charge is 0.380 e. The Kier molecular flexibility index (Phi) is 3.71. The van der Waals surface area contributed by atoms with Crippen LogP contribution in [0.2, 0.25) is 0 Å². The summed E-state index contributed by atoms with van der Waals surface area (Å²) in [6.45, 7) is 1.69. The van der Waals surface area contributed by atoms with Gasteiger partial charge in [-0.15, -0.1) is 0 Å². The first-order valence-electron chi connectivity index (χ1n) is 5.74. The first-order chi connectivity index (χ1) is 9.32. The number of nitrogens with two attached hydrogens (primary N) is 1. The van der Waals surface area contributed by atoms with Gasteiger partial charge in [0.25, 0.3) is 15.9 Å². The van der Waals surface area contributed by atoms with Crippen LogP contribution >= 0.6 is 0 Å². The maximum Gasteiger partial charge on any atom is 0.271 e. The van der Waals surface area contributed by atoms with E-state index in [0.717, 1.165) is 0 Å². The molecule has 1 aliphatic heterocycles. The van der Waals surface area contributed by atoms with Gasteiger partial charge in [0.2, 0.25) is 0 Å². The second-order valence-electron chi connectivity index (χ2n) is 4.39. The minimum atomic E-state index is -4.18. The van der Waals surface area contributed by atoms with Crippen molar-refractivity contribution in [3.8, 4) is 0 Å². The van der Waals surface area contributed by atoms with E-state index in [2.05, 4.69) is 9.68 Å². The summed E-state index contributed by atoms with van der Waals surface area (Å²) in [4.78, 5) is 11.8. The Morgan fingerprint density at radius 1 is 1.55 bits per heavy atom. The van der Waals surface area contributed by atoms with E-state index in [-0.39, 0.29) is 29.5 Å². The molecule has 1 amide bonds. The number of methoxy groups -OCH3 is 1. The number of nitrogens with zero attached hydrogens (tertiary/aromatic N) is 1. The number of aryl methyl sites for hydroxylation is 1. The fourth-order valence-corrected chi connectivity index (χ4v) is 3.21. The number of carbonyl (C=O) groups excluding carboxylic acids is 1. The van der Waals surface area contributed by atoms with Gasteiger partial charge >= 0.3 is 0 Å². The molecule has 1 aromatic rings. The number of amides is 1. The van der Waals surface area contributed by atoms with Crippen LogP contribution in [0.5, 0.6) is 0 Å². The van der Waals surface area contributed by atoms with E-state index in [1.807, 2.05) is 4.72 Å². The highest BCUT2D eigenvalue weighted by Gasteiger charge is 2.45. The summed E-state index contributed by atoms with van der Waals surface area (Å²) < 4.78 is 41.1. The predicted octanol–water partition coefficient (Wildman–Crippen LogP) is -0.824. The van der Waals surface area contributed by atoms with Crippen LogP contribution in [0, 0.1) is 6.92 Å². The van der Waals surface area contributed by atoms with E-state index in [1.54, 1.807) is 0 Å². The summed E-state index contributed by atoms with van der Waals surface area (Å²) in [5, 5.41) is 3.34. The van der Waals surface area contributed by atoms with E-state index in [4.69, 9.17) is 15.2 Å². The summed E-state index contributed by atoms with van der Waals surface area (Å²) in [5.74, 6) is -1.12. The molecule has 2 heterocycles. The number of nitrogen functional groups attached to an aromatic ring is 1. The molecule has 0 aromatic carbocycles. The summed E-state index contributed by atoms with van der Waals surface area (Å²) in [6.07, 6.45) is 0.267. The number of nitrogens with one attached hydrogen (secondary N) is 1. The lowest BCUT2D eigenvalue weighted by molar-refractivity contribution is -0.141. The van der Waals surface area contributed by atoms with Gasteiger partial charge in [-0.2, -0.15) is 0 Å². The molecule has 20 heavy (non-hydrogen) atoms. The maximum absolute atomic E-state index is 12.2. The third-order valence-electron chi connectivity index (χ3n) is 3.12. The van der Waals surface area contributed by atoms with Gasteiger partial charge in [0.1, 0.15) is 0 Å². The lowest BCUT2D eigenvalue weighted by Gasteiger charge is -2.23. The van der Waals surface area contributed by atoms with Crippen LogP contribution in [0.1, 0.15) is 12.2 Å². The molecule has 112 valence electrons. The van der Waals surface area contributed by atoms with Gasteiger partial charge in [-0.3, -0.25) is 4.79 Å². The molecule has 1 fully saturated rings. The molecule has 1 aliphatic rings. The molecule has 1 unspecified atom stereocenters. The molecule has 3 N–H and O–H groups in total. The van der Waals surface area contributed by atoms with Crippen molar-refractivity contribution in [2.24, 2.45) is 0 Å². The second kappa shape index (κ2) is 5.04. The van der Waals surface area contributed by atoms with Crippen molar-refractivity contribution in [3.05, 3.63) is 5.76 Å². The standard InChI is InChI=1S/C10H15N3O6S/c1-6-7(8(11)12-19-6)20(15,16)13-9(14)10(17-2)3-4-18-5-10/h3-5H2,1-2H3,(H2,11,12)(H,13,14). The minimum Gasteiger partial charge on any atom is -0.380 e. The molecule has 2 rings (SSSR count). The van der Waals surface area contributed by atoms with Crippen LogP contribution in [0.4, 0.5) is 5.82 Å². The van der Waals surface area contributed by atoms with Gasteiger partial charge in [0.05, 0.1) is 13.2 Å². The summed E-state index contributed by atoms with van der Waals surface area (Å²) in [6, 6.07) is 0. The Hall–Kier alpha value is -1.65. The molecule has 0 radical (unpaired) electrons. The molecule has 9 nitrogen and oxygen atoms in total. The van der Waals surface area contributed by atoms with Crippen molar-refractivity contribution in [2.45, 2.75) is 23.8 Å². The number of aromatic nitrogens is 1. The summed E-state index contributed by atoms with van der Waals surface area (Å²) >= 11 is 0. The Morgan fingerprint density at radius 3 is 2.70 bits per heavy atom. The molecule has 1 aromatic heterocycles. The second-order valence-corrected chi connectivity index (χ2v) is 6.01. The zero-order valence-corrected chi connectivity index (χ0v) is 11.8. The van der Waals surface area contributed by atoms with Crippen LogP contribution in [-0.4, -0.2) is 45.4 Å². The molecule has 1 atom stereocenters. The van der Waals surface area contributed by atoms with Crippen molar-refractivity contribution >= 4 is 21.7 Å². The van der Waals surface area contributed by atoms with E-state index in [0.29, 0.717) is 6.61 Å². The number of ether oxygens (including phenoxy) is 2. The topological polar surface area (TPSA) is 134 Å². The lowest BCUT2D eigenvalue weighted by Crippen LogP contribution is -2.50. The predicted molar refractivity (Wildman–Crippen MR) is 66.2 cm³/mol.